The number of aryl methyl sites for hydroxylation is 2. The van der Waals surface area contributed by atoms with Crippen LogP contribution in [0.2, 0.25) is 0 Å². The fraction of sp³-hybridized carbons (Fsp3) is 0.320. The highest BCUT2D eigenvalue weighted by Gasteiger charge is 2.28. The second-order valence-electron chi connectivity index (χ2n) is 8.87. The number of benzene rings is 1. The van der Waals surface area contributed by atoms with E-state index in [1.165, 1.54) is 12.4 Å². The maximum Gasteiger partial charge on any atom is 0.225 e. The van der Waals surface area contributed by atoms with Gasteiger partial charge >= 0.3 is 0 Å². The maximum atomic E-state index is 14.1. The molecule has 35 heavy (non-hydrogen) atoms. The van der Waals surface area contributed by atoms with Gasteiger partial charge in [0.25, 0.3) is 0 Å². The van der Waals surface area contributed by atoms with Crippen molar-refractivity contribution in [2.75, 3.05) is 18.0 Å². The maximum absolute atomic E-state index is 14.1. The van der Waals surface area contributed by atoms with Crippen molar-refractivity contribution >= 4 is 38.7 Å². The van der Waals surface area contributed by atoms with Crippen molar-refractivity contribution in [3.05, 3.63) is 70.1 Å². The molecule has 0 saturated carbocycles. The molecule has 0 aliphatic carbocycles. The lowest BCUT2D eigenvalue weighted by atomic mass is 9.97. The number of hydrogen-bond acceptors (Lipinski definition) is 6. The monoisotopic (exact) mass is 537 g/mol. The van der Waals surface area contributed by atoms with Crippen LogP contribution in [0.25, 0.3) is 16.7 Å². The van der Waals surface area contributed by atoms with E-state index >= 15 is 0 Å². The second kappa shape index (κ2) is 9.69. The number of pyridine rings is 1. The van der Waals surface area contributed by atoms with Crippen LogP contribution in [0, 0.1) is 25.6 Å². The Labute approximate surface area is 210 Å². The quantitative estimate of drug-likeness (QED) is 0.409. The van der Waals surface area contributed by atoms with E-state index in [1.807, 2.05) is 25.3 Å². The van der Waals surface area contributed by atoms with Crippen LogP contribution in [-0.2, 0) is 11.3 Å². The van der Waals surface area contributed by atoms with E-state index in [2.05, 4.69) is 46.2 Å². The molecule has 1 aliphatic rings. The smallest absolute Gasteiger partial charge is 0.225 e. The number of nitrogens with one attached hydrogen (secondary N) is 1. The van der Waals surface area contributed by atoms with Crippen LogP contribution in [0.5, 0.6) is 0 Å². The minimum absolute atomic E-state index is 0.00759. The lowest BCUT2D eigenvalue weighted by Crippen LogP contribution is -2.43. The first-order valence-corrected chi connectivity index (χ1v) is 12.3. The molecule has 8 nitrogen and oxygen atoms in total. The Kier molecular flexibility index (Phi) is 6.46. The van der Waals surface area contributed by atoms with E-state index < -0.39 is 0 Å². The van der Waals surface area contributed by atoms with Crippen molar-refractivity contribution in [2.24, 2.45) is 5.92 Å². The van der Waals surface area contributed by atoms with E-state index in [1.54, 1.807) is 23.9 Å². The molecule has 1 fully saturated rings. The van der Waals surface area contributed by atoms with Gasteiger partial charge in [-0.15, -0.1) is 5.10 Å². The third-order valence-electron chi connectivity index (χ3n) is 6.35. The third-order valence-corrected chi connectivity index (χ3v) is 7.18. The highest BCUT2D eigenvalue weighted by molar-refractivity contribution is 9.10. The van der Waals surface area contributed by atoms with Gasteiger partial charge < -0.3 is 10.2 Å². The number of hydrogen-bond donors (Lipinski definition) is 1. The van der Waals surface area contributed by atoms with Gasteiger partial charge in [0, 0.05) is 30.0 Å². The van der Waals surface area contributed by atoms with Crippen molar-refractivity contribution in [1.82, 2.24) is 30.0 Å². The normalized spacial score (nSPS) is 16.0. The van der Waals surface area contributed by atoms with Gasteiger partial charge in [-0.3, -0.25) is 9.78 Å². The van der Waals surface area contributed by atoms with Crippen molar-refractivity contribution in [3.8, 4) is 5.69 Å². The number of rotatable bonds is 5. The van der Waals surface area contributed by atoms with Crippen LogP contribution in [0.1, 0.15) is 29.7 Å². The number of halogens is 2. The molecule has 180 valence electrons. The van der Waals surface area contributed by atoms with Gasteiger partial charge in [-0.2, -0.15) is 0 Å². The zero-order valence-electron chi connectivity index (χ0n) is 19.5. The predicted octanol–water partition coefficient (Wildman–Crippen LogP) is 4.26. The molecule has 0 spiro atoms. The Bertz CT molecular complexity index is 1410. The highest BCUT2D eigenvalue weighted by Crippen LogP contribution is 2.28. The molecule has 10 heteroatoms. The molecule has 0 unspecified atom stereocenters. The summed E-state index contributed by atoms with van der Waals surface area (Å²) in [4.78, 5) is 28.2. The predicted molar refractivity (Wildman–Crippen MR) is 135 cm³/mol. The minimum atomic E-state index is -0.285. The van der Waals surface area contributed by atoms with Crippen molar-refractivity contribution < 1.29 is 9.18 Å². The van der Waals surface area contributed by atoms with Crippen LogP contribution in [0.3, 0.4) is 0 Å². The van der Waals surface area contributed by atoms with Crippen LogP contribution in [0.4, 0.5) is 10.2 Å². The highest BCUT2D eigenvalue weighted by atomic mass is 79.9. The van der Waals surface area contributed by atoms with Crippen LogP contribution in [-0.4, -0.2) is 43.7 Å². The van der Waals surface area contributed by atoms with Crippen LogP contribution >= 0.6 is 15.9 Å². The topological polar surface area (TPSA) is 88.8 Å². The SMILES string of the molecule is Cc1ccc(-n2cc3c(N4CCC[C@@H](C(=O)NCc5cc(C)c(Br)cn5)C4)ncnc3n2)cc1F. The van der Waals surface area contributed by atoms with E-state index in [0.29, 0.717) is 30.0 Å². The summed E-state index contributed by atoms with van der Waals surface area (Å²) < 4.78 is 16.7. The van der Waals surface area contributed by atoms with E-state index in [0.717, 1.165) is 46.3 Å². The molecule has 4 heterocycles. The minimum Gasteiger partial charge on any atom is -0.355 e. The summed E-state index contributed by atoms with van der Waals surface area (Å²) in [6.07, 6.45) is 6.74. The first-order chi connectivity index (χ1) is 16.9. The van der Waals surface area contributed by atoms with Crippen molar-refractivity contribution in [2.45, 2.75) is 33.2 Å². The summed E-state index contributed by atoms with van der Waals surface area (Å²) in [7, 11) is 0. The summed E-state index contributed by atoms with van der Waals surface area (Å²) in [5.74, 6) is 0.294. The number of carbonyl (C=O) groups excluding carboxylic acids is 1. The Morgan fingerprint density at radius 2 is 2.06 bits per heavy atom. The Hall–Kier alpha value is -3.40. The number of nitrogens with zero attached hydrogens (tertiary/aromatic N) is 6. The largest absolute Gasteiger partial charge is 0.355 e. The molecule has 1 atom stereocenters. The summed E-state index contributed by atoms with van der Waals surface area (Å²) in [6, 6.07) is 6.97. The van der Waals surface area contributed by atoms with Gasteiger partial charge in [-0.25, -0.2) is 19.0 Å². The molecule has 5 rings (SSSR count). The van der Waals surface area contributed by atoms with Crippen molar-refractivity contribution in [1.29, 1.82) is 0 Å². The molecule has 1 amide bonds. The third kappa shape index (κ3) is 4.88. The van der Waals surface area contributed by atoms with Gasteiger partial charge in [0.2, 0.25) is 5.91 Å². The molecule has 1 saturated heterocycles. The van der Waals surface area contributed by atoms with Gasteiger partial charge in [0.05, 0.1) is 29.2 Å². The Balaban J connectivity index is 1.33. The number of carbonyl (C=O) groups is 1. The molecular formula is C25H25BrFN7O. The summed E-state index contributed by atoms with van der Waals surface area (Å²) >= 11 is 3.45. The van der Waals surface area contributed by atoms with Crippen molar-refractivity contribution in [3.63, 3.8) is 0 Å². The zero-order chi connectivity index (χ0) is 24.5. The number of anilines is 1. The number of piperidine rings is 1. The van der Waals surface area contributed by atoms with E-state index in [4.69, 9.17) is 0 Å². The lowest BCUT2D eigenvalue weighted by molar-refractivity contribution is -0.125. The number of aromatic nitrogens is 5. The fourth-order valence-electron chi connectivity index (χ4n) is 4.33. The molecule has 0 radical (unpaired) electrons. The first-order valence-electron chi connectivity index (χ1n) is 11.5. The van der Waals surface area contributed by atoms with E-state index in [-0.39, 0.29) is 17.6 Å². The molecule has 1 N–H and O–H groups in total. The molecule has 4 aromatic rings. The Morgan fingerprint density at radius 3 is 2.86 bits per heavy atom. The molecule has 1 aliphatic heterocycles. The van der Waals surface area contributed by atoms with Gasteiger partial charge in [-0.05, 0) is 71.9 Å². The second-order valence-corrected chi connectivity index (χ2v) is 9.72. The molecular weight excluding hydrogens is 513 g/mol. The summed E-state index contributed by atoms with van der Waals surface area (Å²) in [6.45, 7) is 5.45. The summed E-state index contributed by atoms with van der Waals surface area (Å²) in [5.41, 5.74) is 3.62. The zero-order valence-corrected chi connectivity index (χ0v) is 21.1. The number of amides is 1. The van der Waals surface area contributed by atoms with Gasteiger partial charge in [0.15, 0.2) is 5.65 Å². The Morgan fingerprint density at radius 1 is 1.20 bits per heavy atom. The molecule has 3 aromatic heterocycles. The number of fused-ring (bicyclic) bond motifs is 1. The average molecular weight is 538 g/mol. The standard InChI is InChI=1S/C25H25BrFN7O/c1-15-5-6-19(9-22(15)27)34-13-20-23(32-34)30-14-31-24(20)33-7-3-4-17(12-33)25(35)29-10-18-8-16(2)21(26)11-28-18/h5-6,8-9,11,13-14,17H,3-4,7,10,12H2,1-2H3,(H,29,35)/t17-/m1/s1. The molecule has 1 aromatic carbocycles. The average Bonchev–Trinajstić information content (AvgIpc) is 3.31. The summed E-state index contributed by atoms with van der Waals surface area (Å²) in [5, 5.41) is 8.32. The first kappa shape index (κ1) is 23.3. The molecule has 0 bridgehead atoms. The van der Waals surface area contributed by atoms with Crippen LogP contribution < -0.4 is 10.2 Å². The van der Waals surface area contributed by atoms with E-state index in [9.17, 15) is 9.18 Å². The lowest BCUT2D eigenvalue weighted by Gasteiger charge is -2.33. The van der Waals surface area contributed by atoms with Gasteiger partial charge in [-0.1, -0.05) is 6.07 Å². The van der Waals surface area contributed by atoms with Crippen LogP contribution in [0.15, 0.2) is 47.5 Å². The van der Waals surface area contributed by atoms with Gasteiger partial charge in [0.1, 0.15) is 18.0 Å². The fourth-order valence-corrected chi connectivity index (χ4v) is 4.55.